The Morgan fingerprint density at radius 3 is 2.47 bits per heavy atom. The Morgan fingerprint density at radius 1 is 1.09 bits per heavy atom. The first-order valence-electron chi connectivity index (χ1n) is 10.2. The van der Waals surface area contributed by atoms with E-state index < -0.39 is 5.91 Å². The smallest absolute Gasteiger partial charge is 0.266 e. The van der Waals surface area contributed by atoms with Crippen LogP contribution < -0.4 is 14.8 Å². The van der Waals surface area contributed by atoms with Crippen LogP contribution in [0.25, 0.3) is 6.08 Å². The molecule has 0 aliphatic carbocycles. The number of hydrogen-bond donors (Lipinski definition) is 2. The summed E-state index contributed by atoms with van der Waals surface area (Å²) < 4.78 is 12.2. The minimum atomic E-state index is -0.591. The number of amides is 1. The van der Waals surface area contributed by atoms with Gasteiger partial charge >= 0.3 is 0 Å². The van der Waals surface area contributed by atoms with Gasteiger partial charge in [-0.05, 0) is 61.0 Å². The van der Waals surface area contributed by atoms with E-state index >= 15 is 0 Å². The highest BCUT2D eigenvalue weighted by Crippen LogP contribution is 2.35. The van der Waals surface area contributed by atoms with E-state index in [2.05, 4.69) is 27.3 Å². The predicted octanol–water partition coefficient (Wildman–Crippen LogP) is 5.55. The zero-order chi connectivity index (χ0) is 24.5. The van der Waals surface area contributed by atoms with Crippen molar-refractivity contribution in [1.29, 1.82) is 10.5 Å². The van der Waals surface area contributed by atoms with Gasteiger partial charge in [-0.2, -0.15) is 10.5 Å². The molecule has 170 valence electrons. The lowest BCUT2D eigenvalue weighted by atomic mass is 10.1. The summed E-state index contributed by atoms with van der Waals surface area (Å²) in [6.45, 7) is 2.38. The standard InChI is InChI=1S/C26H20BrN3O4/c1-2-33-24-12-19(11-20(15-29)26(32)30-21-7-9-22(31)10-8-21)23(27)13-25(24)34-16-18-6-4-3-5-17(18)14-28/h3-13,31H,2,16H2,1H3,(H,30,32)/b20-11+. The van der Waals surface area contributed by atoms with E-state index in [0.717, 1.165) is 5.56 Å². The number of phenolic OH excluding ortho intramolecular Hbond substituents is 1. The molecule has 0 heterocycles. The van der Waals surface area contributed by atoms with Gasteiger partial charge in [0.2, 0.25) is 0 Å². The molecular formula is C26H20BrN3O4. The Hall–Kier alpha value is -4.27. The number of carbonyl (C=O) groups is 1. The number of hydrogen-bond acceptors (Lipinski definition) is 6. The van der Waals surface area contributed by atoms with Crippen molar-refractivity contribution >= 4 is 33.6 Å². The zero-order valence-corrected chi connectivity index (χ0v) is 19.8. The van der Waals surface area contributed by atoms with E-state index in [1.165, 1.54) is 30.3 Å². The molecule has 3 rings (SSSR count). The monoisotopic (exact) mass is 517 g/mol. The SMILES string of the molecule is CCOc1cc(/C=C(\C#N)C(=O)Nc2ccc(O)cc2)c(Br)cc1OCc1ccccc1C#N. The molecule has 8 heteroatoms. The number of benzene rings is 3. The van der Waals surface area contributed by atoms with Crippen molar-refractivity contribution in [3.63, 3.8) is 0 Å². The van der Waals surface area contributed by atoms with Crippen LogP contribution in [0.15, 0.2) is 70.7 Å². The summed E-state index contributed by atoms with van der Waals surface area (Å²) in [5.41, 5.74) is 2.14. The van der Waals surface area contributed by atoms with Crippen LogP contribution in [0, 0.1) is 22.7 Å². The largest absolute Gasteiger partial charge is 0.508 e. The van der Waals surface area contributed by atoms with Crippen molar-refractivity contribution in [3.05, 3.63) is 87.4 Å². The lowest BCUT2D eigenvalue weighted by Crippen LogP contribution is -2.13. The van der Waals surface area contributed by atoms with Gasteiger partial charge in [0.15, 0.2) is 11.5 Å². The van der Waals surface area contributed by atoms with E-state index in [1.54, 1.807) is 24.3 Å². The molecule has 0 unspecified atom stereocenters. The van der Waals surface area contributed by atoms with E-state index in [1.807, 2.05) is 25.1 Å². The van der Waals surface area contributed by atoms with Gasteiger partial charge in [-0.3, -0.25) is 4.79 Å². The second-order valence-corrected chi connectivity index (χ2v) is 7.84. The summed E-state index contributed by atoms with van der Waals surface area (Å²) in [6, 6.07) is 20.5. The predicted molar refractivity (Wildman–Crippen MR) is 131 cm³/mol. The van der Waals surface area contributed by atoms with Crippen LogP contribution in [0.3, 0.4) is 0 Å². The number of halogens is 1. The first-order chi connectivity index (χ1) is 16.4. The molecule has 0 bridgehead atoms. The van der Waals surface area contributed by atoms with E-state index in [9.17, 15) is 20.4 Å². The summed E-state index contributed by atoms with van der Waals surface area (Å²) in [7, 11) is 0. The first-order valence-corrected chi connectivity index (χ1v) is 11.0. The Balaban J connectivity index is 1.86. The number of aromatic hydroxyl groups is 1. The number of carbonyl (C=O) groups excluding carboxylic acids is 1. The van der Waals surface area contributed by atoms with Gasteiger partial charge in [0.05, 0.1) is 18.2 Å². The van der Waals surface area contributed by atoms with Gasteiger partial charge in [-0.25, -0.2) is 0 Å². The Morgan fingerprint density at radius 2 is 1.79 bits per heavy atom. The van der Waals surface area contributed by atoms with Crippen LogP contribution >= 0.6 is 15.9 Å². The van der Waals surface area contributed by atoms with Crippen LogP contribution in [-0.4, -0.2) is 17.6 Å². The van der Waals surface area contributed by atoms with Crippen molar-refractivity contribution in [2.75, 3.05) is 11.9 Å². The highest BCUT2D eigenvalue weighted by molar-refractivity contribution is 9.10. The van der Waals surface area contributed by atoms with Crippen molar-refractivity contribution in [3.8, 4) is 29.4 Å². The summed E-state index contributed by atoms with van der Waals surface area (Å²) in [4.78, 5) is 12.6. The number of rotatable bonds is 8. The summed E-state index contributed by atoms with van der Waals surface area (Å²) in [5.74, 6) is 0.361. The fraction of sp³-hybridized carbons (Fsp3) is 0.115. The van der Waals surface area contributed by atoms with Gasteiger partial charge in [-0.1, -0.05) is 34.1 Å². The highest BCUT2D eigenvalue weighted by Gasteiger charge is 2.15. The van der Waals surface area contributed by atoms with Crippen molar-refractivity contribution in [1.82, 2.24) is 0 Å². The number of anilines is 1. The van der Waals surface area contributed by atoms with E-state index in [0.29, 0.717) is 39.4 Å². The molecule has 0 saturated heterocycles. The molecule has 3 aromatic carbocycles. The maximum atomic E-state index is 12.6. The number of nitriles is 2. The fourth-order valence-corrected chi connectivity index (χ4v) is 3.44. The second-order valence-electron chi connectivity index (χ2n) is 6.98. The molecule has 0 aliphatic heterocycles. The minimum Gasteiger partial charge on any atom is -0.508 e. The van der Waals surface area contributed by atoms with Gasteiger partial charge in [0.1, 0.15) is 24.0 Å². The van der Waals surface area contributed by atoms with Crippen molar-refractivity contribution in [2.45, 2.75) is 13.5 Å². The van der Waals surface area contributed by atoms with E-state index in [-0.39, 0.29) is 17.9 Å². The number of phenols is 1. The van der Waals surface area contributed by atoms with Crippen molar-refractivity contribution < 1.29 is 19.4 Å². The first kappa shape index (κ1) is 24.4. The summed E-state index contributed by atoms with van der Waals surface area (Å²) in [6.07, 6.45) is 1.44. The van der Waals surface area contributed by atoms with Gasteiger partial charge in [-0.15, -0.1) is 0 Å². The third-order valence-corrected chi connectivity index (χ3v) is 5.36. The van der Waals surface area contributed by atoms with Gasteiger partial charge in [0.25, 0.3) is 5.91 Å². The maximum absolute atomic E-state index is 12.6. The molecule has 0 atom stereocenters. The second kappa shape index (κ2) is 11.6. The molecule has 7 nitrogen and oxygen atoms in total. The number of nitrogens with one attached hydrogen (secondary N) is 1. The molecule has 2 N–H and O–H groups in total. The average molecular weight is 518 g/mol. The Bertz CT molecular complexity index is 1310. The minimum absolute atomic E-state index is 0.0693. The Kier molecular flexibility index (Phi) is 8.28. The highest BCUT2D eigenvalue weighted by atomic mass is 79.9. The van der Waals surface area contributed by atoms with Crippen LogP contribution in [0.5, 0.6) is 17.2 Å². The van der Waals surface area contributed by atoms with Crippen molar-refractivity contribution in [2.24, 2.45) is 0 Å². The summed E-state index contributed by atoms with van der Waals surface area (Å²) >= 11 is 3.47. The molecule has 1 amide bonds. The molecule has 0 radical (unpaired) electrons. The molecule has 0 saturated carbocycles. The zero-order valence-electron chi connectivity index (χ0n) is 18.2. The maximum Gasteiger partial charge on any atom is 0.266 e. The molecule has 34 heavy (non-hydrogen) atoms. The average Bonchev–Trinajstić information content (AvgIpc) is 2.84. The molecule has 0 aliphatic rings. The lowest BCUT2D eigenvalue weighted by Gasteiger charge is -2.15. The fourth-order valence-electron chi connectivity index (χ4n) is 3.00. The van der Waals surface area contributed by atoms with Crippen LogP contribution in [0.4, 0.5) is 5.69 Å². The Labute approximate surface area is 205 Å². The summed E-state index contributed by atoms with van der Waals surface area (Å²) in [5, 5.41) is 30.8. The van der Waals surface area contributed by atoms with Gasteiger partial charge < -0.3 is 19.9 Å². The molecule has 3 aromatic rings. The normalized spacial score (nSPS) is 10.6. The lowest BCUT2D eigenvalue weighted by molar-refractivity contribution is -0.112. The number of nitrogens with zero attached hydrogens (tertiary/aromatic N) is 2. The number of ether oxygens (including phenoxy) is 2. The molecule has 0 fully saturated rings. The molecule has 0 spiro atoms. The third-order valence-electron chi connectivity index (χ3n) is 4.67. The van der Waals surface area contributed by atoms with Gasteiger partial charge in [0, 0.05) is 15.7 Å². The quantitative estimate of drug-likeness (QED) is 0.230. The molecular weight excluding hydrogens is 498 g/mol. The molecule has 0 aromatic heterocycles. The van der Waals surface area contributed by atoms with Crippen LogP contribution in [-0.2, 0) is 11.4 Å². The topological polar surface area (TPSA) is 115 Å². The third kappa shape index (κ3) is 6.16. The van der Waals surface area contributed by atoms with E-state index in [4.69, 9.17) is 9.47 Å². The van der Waals surface area contributed by atoms with Crippen LogP contribution in [0.2, 0.25) is 0 Å². The van der Waals surface area contributed by atoms with Crippen LogP contribution in [0.1, 0.15) is 23.6 Å².